The SMILES string of the molecule is Cc1cc(NC(=O)NCCN2CCC(CCNS(=O)(=O)c3ccc(F)cc3F)CC2)cc(C)n1. The summed E-state index contributed by atoms with van der Waals surface area (Å²) in [5, 5.41) is 5.68. The molecule has 11 heteroatoms. The largest absolute Gasteiger partial charge is 0.337 e. The van der Waals surface area contributed by atoms with Gasteiger partial charge in [0.25, 0.3) is 0 Å². The number of amides is 2. The van der Waals surface area contributed by atoms with E-state index in [0.29, 0.717) is 30.6 Å². The number of pyridine rings is 1. The molecule has 1 aromatic heterocycles. The highest BCUT2D eigenvalue weighted by molar-refractivity contribution is 7.89. The first-order valence-corrected chi connectivity index (χ1v) is 12.8. The number of hydrogen-bond donors (Lipinski definition) is 3. The quantitative estimate of drug-likeness (QED) is 0.496. The lowest BCUT2D eigenvalue weighted by molar-refractivity contribution is 0.180. The molecule has 1 aliphatic rings. The zero-order valence-electron chi connectivity index (χ0n) is 19.4. The van der Waals surface area contributed by atoms with Gasteiger partial charge in [0.2, 0.25) is 10.0 Å². The van der Waals surface area contributed by atoms with E-state index in [1.54, 1.807) is 0 Å². The van der Waals surface area contributed by atoms with Crippen molar-refractivity contribution < 1.29 is 22.0 Å². The molecule has 0 saturated carbocycles. The zero-order valence-corrected chi connectivity index (χ0v) is 20.2. The number of likely N-dealkylation sites (tertiary alicyclic amines) is 1. The van der Waals surface area contributed by atoms with Gasteiger partial charge in [0, 0.05) is 42.8 Å². The first-order chi connectivity index (χ1) is 16.1. The lowest BCUT2D eigenvalue weighted by atomic mass is 9.94. The number of aromatic nitrogens is 1. The second-order valence-corrected chi connectivity index (χ2v) is 10.3. The van der Waals surface area contributed by atoms with Gasteiger partial charge in [0.1, 0.15) is 16.5 Å². The van der Waals surface area contributed by atoms with E-state index in [1.165, 1.54) is 0 Å². The number of anilines is 1. The van der Waals surface area contributed by atoms with E-state index in [4.69, 9.17) is 0 Å². The van der Waals surface area contributed by atoms with Gasteiger partial charge in [-0.15, -0.1) is 0 Å². The summed E-state index contributed by atoms with van der Waals surface area (Å²) in [5.41, 5.74) is 2.39. The molecule has 0 atom stereocenters. The molecule has 2 amide bonds. The lowest BCUT2D eigenvalue weighted by Crippen LogP contribution is -2.41. The molecular weight excluding hydrogens is 464 g/mol. The number of carbonyl (C=O) groups excluding carboxylic acids is 1. The number of benzene rings is 1. The minimum absolute atomic E-state index is 0.194. The third-order valence-electron chi connectivity index (χ3n) is 5.79. The lowest BCUT2D eigenvalue weighted by Gasteiger charge is -2.32. The number of piperidine rings is 1. The van der Waals surface area contributed by atoms with Crippen LogP contribution in [0.25, 0.3) is 0 Å². The summed E-state index contributed by atoms with van der Waals surface area (Å²) in [6.45, 7) is 6.90. The molecule has 3 N–H and O–H groups in total. The van der Waals surface area contributed by atoms with Gasteiger partial charge in [-0.05, 0) is 76.4 Å². The van der Waals surface area contributed by atoms with Gasteiger partial charge in [0.15, 0.2) is 0 Å². The fourth-order valence-corrected chi connectivity index (χ4v) is 5.18. The van der Waals surface area contributed by atoms with E-state index in [-0.39, 0.29) is 12.6 Å². The van der Waals surface area contributed by atoms with Crippen LogP contribution in [0.15, 0.2) is 35.2 Å². The maximum absolute atomic E-state index is 13.8. The first kappa shape index (κ1) is 26.0. The molecule has 3 rings (SSSR count). The van der Waals surface area contributed by atoms with Crippen molar-refractivity contribution in [3.63, 3.8) is 0 Å². The second kappa shape index (κ2) is 11.7. The van der Waals surface area contributed by atoms with Crippen molar-refractivity contribution in [2.75, 3.05) is 38.0 Å². The van der Waals surface area contributed by atoms with Gasteiger partial charge >= 0.3 is 6.03 Å². The summed E-state index contributed by atoms with van der Waals surface area (Å²) in [6, 6.07) is 5.78. The first-order valence-electron chi connectivity index (χ1n) is 11.3. The number of halogens is 2. The molecule has 1 aromatic carbocycles. The topological polar surface area (TPSA) is 103 Å². The second-order valence-electron chi connectivity index (χ2n) is 8.57. The van der Waals surface area contributed by atoms with Crippen molar-refractivity contribution in [2.45, 2.75) is 38.0 Å². The maximum Gasteiger partial charge on any atom is 0.319 e. The van der Waals surface area contributed by atoms with Crippen LogP contribution >= 0.6 is 0 Å². The summed E-state index contributed by atoms with van der Waals surface area (Å²) in [7, 11) is -4.02. The Morgan fingerprint density at radius 1 is 1.09 bits per heavy atom. The van der Waals surface area contributed by atoms with Crippen LogP contribution in [-0.4, -0.2) is 57.1 Å². The van der Waals surface area contributed by atoms with Crippen molar-refractivity contribution in [1.29, 1.82) is 0 Å². The normalized spacial score (nSPS) is 15.3. The molecule has 8 nitrogen and oxygen atoms in total. The Hall–Kier alpha value is -2.63. The molecule has 0 spiro atoms. The summed E-state index contributed by atoms with van der Waals surface area (Å²) in [4.78, 5) is 18.1. The molecule has 0 unspecified atom stereocenters. The minimum atomic E-state index is -4.02. The van der Waals surface area contributed by atoms with Gasteiger partial charge in [-0.25, -0.2) is 26.7 Å². The Morgan fingerprint density at radius 2 is 1.76 bits per heavy atom. The Bertz CT molecular complexity index is 1090. The van der Waals surface area contributed by atoms with Gasteiger partial charge in [0.05, 0.1) is 0 Å². The Kier molecular flexibility index (Phi) is 8.92. The highest BCUT2D eigenvalue weighted by atomic mass is 32.2. The number of urea groups is 1. The van der Waals surface area contributed by atoms with Crippen molar-refractivity contribution in [3.05, 3.63) is 53.4 Å². The van der Waals surface area contributed by atoms with Crippen LogP contribution in [-0.2, 0) is 10.0 Å². The minimum Gasteiger partial charge on any atom is -0.337 e. The van der Waals surface area contributed by atoms with E-state index >= 15 is 0 Å². The van der Waals surface area contributed by atoms with Crippen LogP contribution in [0.2, 0.25) is 0 Å². The maximum atomic E-state index is 13.8. The summed E-state index contributed by atoms with van der Waals surface area (Å²) >= 11 is 0. The van der Waals surface area contributed by atoms with E-state index < -0.39 is 26.6 Å². The zero-order chi connectivity index (χ0) is 24.7. The number of hydrogen-bond acceptors (Lipinski definition) is 5. The molecule has 186 valence electrons. The number of aryl methyl sites for hydroxylation is 2. The highest BCUT2D eigenvalue weighted by Gasteiger charge is 2.22. The number of nitrogens with one attached hydrogen (secondary N) is 3. The standard InChI is InChI=1S/C23H31F2N5O3S/c1-16-13-20(14-17(2)28-16)29-23(31)26-9-12-30-10-6-18(7-11-30)5-8-27-34(32,33)22-4-3-19(24)15-21(22)25/h3-4,13-15,18,27H,5-12H2,1-2H3,(H2,26,28,29,31). The molecule has 0 radical (unpaired) electrons. The molecule has 2 heterocycles. The van der Waals surface area contributed by atoms with E-state index in [9.17, 15) is 22.0 Å². The molecule has 34 heavy (non-hydrogen) atoms. The third-order valence-corrected chi connectivity index (χ3v) is 7.28. The fraction of sp³-hybridized carbons (Fsp3) is 0.478. The number of sulfonamides is 1. The molecule has 0 aliphatic carbocycles. The summed E-state index contributed by atoms with van der Waals surface area (Å²) in [5.74, 6) is -1.57. The highest BCUT2D eigenvalue weighted by Crippen LogP contribution is 2.21. The van der Waals surface area contributed by atoms with Crippen LogP contribution in [0, 0.1) is 31.4 Å². The predicted octanol–water partition coefficient (Wildman–Crippen LogP) is 3.18. The fourth-order valence-electron chi connectivity index (χ4n) is 4.08. The average Bonchev–Trinajstić information content (AvgIpc) is 2.73. The average molecular weight is 496 g/mol. The number of nitrogens with zero attached hydrogens (tertiary/aromatic N) is 2. The molecule has 1 fully saturated rings. The van der Waals surface area contributed by atoms with Crippen LogP contribution < -0.4 is 15.4 Å². The van der Waals surface area contributed by atoms with Crippen molar-refractivity contribution in [1.82, 2.24) is 19.9 Å². The smallest absolute Gasteiger partial charge is 0.319 e. The number of rotatable bonds is 9. The summed E-state index contributed by atoms with van der Waals surface area (Å²) < 4.78 is 53.7. The molecule has 2 aromatic rings. The third kappa shape index (κ3) is 7.71. The van der Waals surface area contributed by atoms with Crippen LogP contribution in [0.5, 0.6) is 0 Å². The van der Waals surface area contributed by atoms with Crippen LogP contribution in [0.4, 0.5) is 19.3 Å². The van der Waals surface area contributed by atoms with E-state index in [0.717, 1.165) is 56.0 Å². The Labute approximate surface area is 199 Å². The van der Waals surface area contributed by atoms with Crippen molar-refractivity contribution >= 4 is 21.7 Å². The van der Waals surface area contributed by atoms with Crippen LogP contribution in [0.1, 0.15) is 30.7 Å². The van der Waals surface area contributed by atoms with Gasteiger partial charge in [-0.3, -0.25) is 4.98 Å². The monoisotopic (exact) mass is 495 g/mol. The Morgan fingerprint density at radius 3 is 2.41 bits per heavy atom. The van der Waals surface area contributed by atoms with Crippen LogP contribution in [0.3, 0.4) is 0 Å². The van der Waals surface area contributed by atoms with Gasteiger partial charge < -0.3 is 15.5 Å². The van der Waals surface area contributed by atoms with Crippen molar-refractivity contribution in [2.24, 2.45) is 5.92 Å². The molecular formula is C23H31F2N5O3S. The number of carbonyl (C=O) groups is 1. The predicted molar refractivity (Wildman–Crippen MR) is 126 cm³/mol. The van der Waals surface area contributed by atoms with Gasteiger partial charge in [-0.1, -0.05) is 0 Å². The molecule has 1 aliphatic heterocycles. The van der Waals surface area contributed by atoms with Crippen molar-refractivity contribution in [3.8, 4) is 0 Å². The molecule has 0 bridgehead atoms. The Balaban J connectivity index is 1.32. The van der Waals surface area contributed by atoms with Gasteiger partial charge in [-0.2, -0.15) is 0 Å². The van der Waals surface area contributed by atoms with E-state index in [2.05, 4.69) is 25.2 Å². The summed E-state index contributed by atoms with van der Waals surface area (Å²) in [6.07, 6.45) is 2.46. The molecule has 1 saturated heterocycles. The van der Waals surface area contributed by atoms with E-state index in [1.807, 2.05) is 26.0 Å².